The number of Topliss-reactive ketones (excluding diaryl/α,β-unsaturated/α-hetero) is 1. The van der Waals surface area contributed by atoms with E-state index in [-0.39, 0.29) is 0 Å². The summed E-state index contributed by atoms with van der Waals surface area (Å²) in [6.07, 6.45) is 4.63. The molecule has 2 saturated heterocycles. The Labute approximate surface area is 203 Å². The van der Waals surface area contributed by atoms with Crippen molar-refractivity contribution in [1.82, 2.24) is 9.80 Å². The third-order valence-corrected chi connectivity index (χ3v) is 6.11. The number of piperidine rings is 2. The Bertz CT molecular complexity index is 337. The van der Waals surface area contributed by atoms with Crippen LogP contribution in [0.5, 0.6) is 0 Å². The zero-order valence-electron chi connectivity index (χ0n) is 16.7. The zero-order valence-corrected chi connectivity index (χ0v) is 30.8. The molecule has 4 nitrogen and oxygen atoms in total. The molecule has 0 aromatic rings. The molecule has 0 N–H and O–H groups in total. The number of hydrogen-bond acceptors (Lipinski definition) is 4. The number of carbonyl (C=O) groups excluding carboxylic acids is 2. The molecule has 0 amide bonds. The number of hydrogen-bond donors (Lipinski definition) is 0. The van der Waals surface area contributed by atoms with E-state index in [0.717, 1.165) is 51.1 Å². The van der Waals surface area contributed by atoms with Gasteiger partial charge in [0, 0.05) is 12.5 Å². The van der Waals surface area contributed by atoms with Crippen LogP contribution in [0.25, 0.3) is 0 Å². The first kappa shape index (κ1) is 29.8. The van der Waals surface area contributed by atoms with Gasteiger partial charge in [0.2, 0.25) is 0 Å². The molecule has 0 aromatic heterocycles. The summed E-state index contributed by atoms with van der Waals surface area (Å²) in [5, 5.41) is 0. The van der Waals surface area contributed by atoms with Gasteiger partial charge in [0.15, 0.2) is 0 Å². The van der Waals surface area contributed by atoms with E-state index in [2.05, 4.69) is 69.3 Å². The number of halogens is 2. The molecule has 2 fully saturated rings. The van der Waals surface area contributed by atoms with Crippen LogP contribution >= 0.6 is 40.0 Å². The van der Waals surface area contributed by atoms with Crippen molar-refractivity contribution in [1.29, 1.82) is 0 Å². The molecule has 25 heavy (non-hydrogen) atoms. The van der Waals surface area contributed by atoms with Crippen molar-refractivity contribution in [2.24, 2.45) is 11.8 Å². The van der Waals surface area contributed by atoms with Gasteiger partial charge < -0.3 is 4.90 Å². The van der Waals surface area contributed by atoms with Gasteiger partial charge in [-0.15, -0.1) is 0 Å². The van der Waals surface area contributed by atoms with Gasteiger partial charge in [-0.3, -0.25) is 4.79 Å². The summed E-state index contributed by atoms with van der Waals surface area (Å²) in [5.74, 6) is 1.07. The standard InChI is InChI=1S/C8H15NO.C7H12NO.CH3.2Ga.2HI.V.4H/c1-7(10)8-4-3-5-9(2)6-8;1-8-4-2-3-7(5-8)6-9;;;;;;;;;;/h8H,3-6H2,1-2H3;7H,2-5H2,1H3;1H3;;;2*1H;;;;;/q;;;;;;;+2;;;;/p-2. The fraction of sp³-hybridized carbons (Fsp3) is 0.875. The SMILES string of the molecule is CC(=O)C1CCCN(C)C1.CN1CCCC([C](=O)[GaH2])C1.[CH3][GaH2].[I][V][I]. The van der Waals surface area contributed by atoms with Crippen molar-refractivity contribution >= 4 is 87.3 Å². The minimum absolute atomic E-state index is 0.318. The Hall–Kier alpha value is 2.58. The van der Waals surface area contributed by atoms with Crippen LogP contribution in [0.3, 0.4) is 0 Å². The Morgan fingerprint density at radius 1 is 0.960 bits per heavy atom. The van der Waals surface area contributed by atoms with Gasteiger partial charge in [0.25, 0.3) is 0 Å². The van der Waals surface area contributed by atoms with Gasteiger partial charge in [-0.1, -0.05) is 0 Å². The number of nitrogens with zero attached hydrogens (tertiary/aromatic N) is 2. The second-order valence-electron chi connectivity index (χ2n) is 6.49. The van der Waals surface area contributed by atoms with Crippen molar-refractivity contribution in [2.75, 3.05) is 40.3 Å². The Balaban J connectivity index is 0. The van der Waals surface area contributed by atoms with E-state index in [1.54, 1.807) is 6.92 Å². The molecule has 0 bridgehead atoms. The molecule has 2 atom stereocenters. The molecule has 0 radical (unpaired) electrons. The van der Waals surface area contributed by atoms with Crippen molar-refractivity contribution in [3.63, 3.8) is 0 Å². The van der Waals surface area contributed by atoms with Crippen LogP contribution in [0.2, 0.25) is 5.48 Å². The van der Waals surface area contributed by atoms with Gasteiger partial charge >= 0.3 is 145 Å². The van der Waals surface area contributed by atoms with E-state index in [0.29, 0.717) is 50.0 Å². The molecular formula is C16H34Ga2I2N2O2V. The van der Waals surface area contributed by atoms with Crippen LogP contribution in [0, 0.1) is 11.8 Å². The summed E-state index contributed by atoms with van der Waals surface area (Å²) in [6, 6.07) is 0. The van der Waals surface area contributed by atoms with Crippen molar-refractivity contribution in [3.05, 3.63) is 0 Å². The van der Waals surface area contributed by atoms with Crippen LogP contribution in [-0.4, -0.2) is 97.4 Å². The third-order valence-electron chi connectivity index (χ3n) is 4.40. The molecule has 9 heteroatoms. The Morgan fingerprint density at radius 2 is 1.32 bits per heavy atom. The van der Waals surface area contributed by atoms with E-state index in [1.807, 2.05) is 0 Å². The third kappa shape index (κ3) is 17.2. The Kier molecular flexibility index (Phi) is 23.7. The first-order valence-electron chi connectivity index (χ1n) is 9.12. The molecular weight excluding hydrogens is 696 g/mol. The summed E-state index contributed by atoms with van der Waals surface area (Å²) >= 11 is 6.20. The fourth-order valence-electron chi connectivity index (χ4n) is 3.00. The zero-order chi connectivity index (χ0) is 19.8. The molecule has 0 aliphatic carbocycles. The summed E-state index contributed by atoms with van der Waals surface area (Å²) in [7, 11) is 4.81. The van der Waals surface area contributed by atoms with E-state index in [9.17, 15) is 9.59 Å². The van der Waals surface area contributed by atoms with Crippen molar-refractivity contribution in [3.8, 4) is 0 Å². The second kappa shape index (κ2) is 19.9. The van der Waals surface area contributed by atoms with Crippen LogP contribution < -0.4 is 0 Å². The summed E-state index contributed by atoms with van der Waals surface area (Å²) in [5.41, 5.74) is 2.19. The molecule has 0 spiro atoms. The predicted molar refractivity (Wildman–Crippen MR) is 127 cm³/mol. The number of ketones is 1. The van der Waals surface area contributed by atoms with Crippen LogP contribution in [0.4, 0.5) is 0 Å². The Morgan fingerprint density at radius 3 is 1.56 bits per heavy atom. The monoisotopic (exact) mass is 729 g/mol. The van der Waals surface area contributed by atoms with E-state index < -0.39 is 0 Å². The minimum atomic E-state index is 0.318. The number of rotatable bonds is 2. The van der Waals surface area contributed by atoms with Crippen LogP contribution in [0.15, 0.2) is 0 Å². The summed E-state index contributed by atoms with van der Waals surface area (Å²) < 4.78 is 0.541. The molecule has 2 unspecified atom stereocenters. The van der Waals surface area contributed by atoms with E-state index in [1.165, 1.54) is 19.4 Å². The molecule has 2 aliphatic rings. The summed E-state index contributed by atoms with van der Waals surface area (Å²) in [6.45, 7) is 6.01. The molecule has 145 valence electrons. The normalized spacial score (nSPS) is 23.4. The number of carbonyl (C=O) groups is 2. The molecule has 2 rings (SSSR count). The van der Waals surface area contributed by atoms with Crippen molar-refractivity contribution in [2.45, 2.75) is 38.1 Å². The second-order valence-corrected chi connectivity index (χ2v) is 20.3. The van der Waals surface area contributed by atoms with Gasteiger partial charge in [-0.25, -0.2) is 0 Å². The van der Waals surface area contributed by atoms with E-state index >= 15 is 0 Å². The van der Waals surface area contributed by atoms with Gasteiger partial charge in [-0.2, -0.15) is 0 Å². The number of likely N-dealkylation sites (tertiary alicyclic amines) is 2. The molecule has 0 saturated carbocycles. The fourth-order valence-corrected chi connectivity index (χ4v) is 3.99. The average molecular weight is 731 g/mol. The van der Waals surface area contributed by atoms with Gasteiger partial charge in [-0.05, 0) is 33.4 Å². The van der Waals surface area contributed by atoms with Crippen molar-refractivity contribution < 1.29 is 19.1 Å². The quantitative estimate of drug-likeness (QED) is 0.322. The molecule has 2 heterocycles. The molecule has 0 aromatic carbocycles. The molecule has 2 aliphatic heterocycles. The van der Waals surface area contributed by atoms with Gasteiger partial charge in [0.1, 0.15) is 5.78 Å². The maximum absolute atomic E-state index is 11.0. The average Bonchev–Trinajstić information content (AvgIpc) is 2.58. The predicted octanol–water partition coefficient (Wildman–Crippen LogP) is 1.84. The first-order chi connectivity index (χ1) is 11.8. The topological polar surface area (TPSA) is 40.6 Å². The van der Waals surface area contributed by atoms with Crippen LogP contribution in [0.1, 0.15) is 32.6 Å². The summed E-state index contributed by atoms with van der Waals surface area (Å²) in [4.78, 5) is 26.4. The first-order valence-corrected chi connectivity index (χ1v) is 24.4. The van der Waals surface area contributed by atoms with Crippen LogP contribution in [-0.2, 0) is 19.1 Å². The van der Waals surface area contributed by atoms with Gasteiger partial charge in [0.05, 0.1) is 0 Å². The van der Waals surface area contributed by atoms with E-state index in [4.69, 9.17) is 0 Å². The maximum atomic E-state index is 11.0.